The fourth-order valence-electron chi connectivity index (χ4n) is 2.11. The summed E-state index contributed by atoms with van der Waals surface area (Å²) in [6.45, 7) is 6.36. The first-order valence-electron chi connectivity index (χ1n) is 7.25. The summed E-state index contributed by atoms with van der Waals surface area (Å²) < 4.78 is 5.23. The minimum atomic E-state index is -0.104. The van der Waals surface area contributed by atoms with Crippen molar-refractivity contribution in [2.75, 3.05) is 31.6 Å². The predicted molar refractivity (Wildman–Crippen MR) is 84.7 cm³/mol. The van der Waals surface area contributed by atoms with E-state index in [4.69, 9.17) is 4.74 Å². The number of carbonyl (C=O) groups is 1. The summed E-state index contributed by atoms with van der Waals surface area (Å²) in [6.07, 6.45) is 0. The Hall–Kier alpha value is -2.14. The Morgan fingerprint density at radius 3 is 2.86 bits per heavy atom. The molecule has 0 atom stereocenters. The van der Waals surface area contributed by atoms with Gasteiger partial charge in [-0.3, -0.25) is 4.79 Å². The number of hydrogen-bond acceptors (Lipinski definition) is 4. The van der Waals surface area contributed by atoms with E-state index >= 15 is 0 Å². The van der Waals surface area contributed by atoms with Crippen molar-refractivity contribution in [1.82, 2.24) is 10.3 Å². The molecule has 5 nitrogen and oxygen atoms in total. The largest absolute Gasteiger partial charge is 0.380 e. The molecule has 0 aliphatic heterocycles. The van der Waals surface area contributed by atoms with Gasteiger partial charge in [-0.2, -0.15) is 0 Å². The highest BCUT2D eigenvalue weighted by atomic mass is 16.5. The predicted octanol–water partition coefficient (Wildman–Crippen LogP) is 2.43. The van der Waals surface area contributed by atoms with Crippen LogP contribution in [0.15, 0.2) is 30.3 Å². The molecule has 0 aliphatic rings. The molecule has 0 saturated heterocycles. The molecule has 0 unspecified atom stereocenters. The van der Waals surface area contributed by atoms with Crippen LogP contribution in [0.2, 0.25) is 0 Å². The number of para-hydroxylation sites is 1. The Balaban J connectivity index is 2.25. The van der Waals surface area contributed by atoms with E-state index < -0.39 is 0 Å². The molecule has 2 rings (SSSR count). The quantitative estimate of drug-likeness (QED) is 0.768. The molecular weight excluding hydrogens is 266 g/mol. The molecule has 0 radical (unpaired) electrons. The number of hydrogen-bond donors (Lipinski definition) is 2. The third-order valence-electron chi connectivity index (χ3n) is 3.05. The summed E-state index contributed by atoms with van der Waals surface area (Å²) >= 11 is 0. The number of amides is 1. The second-order valence-corrected chi connectivity index (χ2v) is 4.56. The lowest BCUT2D eigenvalue weighted by atomic mass is 10.1. The molecule has 0 saturated carbocycles. The van der Waals surface area contributed by atoms with Crippen molar-refractivity contribution in [1.29, 1.82) is 0 Å². The average molecular weight is 287 g/mol. The van der Waals surface area contributed by atoms with E-state index in [-0.39, 0.29) is 5.91 Å². The fraction of sp³-hybridized carbons (Fsp3) is 0.375. The van der Waals surface area contributed by atoms with Crippen molar-refractivity contribution in [3.63, 3.8) is 0 Å². The van der Waals surface area contributed by atoms with E-state index in [1.807, 2.05) is 38.1 Å². The second-order valence-electron chi connectivity index (χ2n) is 4.56. The molecule has 2 aromatic rings. The average Bonchev–Trinajstić information content (AvgIpc) is 2.51. The van der Waals surface area contributed by atoms with Crippen LogP contribution in [0.5, 0.6) is 0 Å². The lowest BCUT2D eigenvalue weighted by Crippen LogP contribution is -2.27. The van der Waals surface area contributed by atoms with Gasteiger partial charge in [0, 0.05) is 25.1 Å². The van der Waals surface area contributed by atoms with Crippen molar-refractivity contribution in [2.24, 2.45) is 0 Å². The summed E-state index contributed by atoms with van der Waals surface area (Å²) in [5.74, 6) is 0.610. The topological polar surface area (TPSA) is 63.2 Å². The van der Waals surface area contributed by atoms with Crippen molar-refractivity contribution in [2.45, 2.75) is 13.8 Å². The first-order chi connectivity index (χ1) is 10.3. The Labute approximate surface area is 124 Å². The van der Waals surface area contributed by atoms with Gasteiger partial charge in [-0.1, -0.05) is 18.2 Å². The summed E-state index contributed by atoms with van der Waals surface area (Å²) in [7, 11) is 0. The molecule has 2 N–H and O–H groups in total. The number of nitrogens with zero attached hydrogens (tertiary/aromatic N) is 1. The van der Waals surface area contributed by atoms with Gasteiger partial charge in [-0.15, -0.1) is 0 Å². The van der Waals surface area contributed by atoms with Crippen molar-refractivity contribution >= 4 is 22.6 Å². The number of rotatable bonds is 7. The zero-order valence-electron chi connectivity index (χ0n) is 12.5. The maximum Gasteiger partial charge on any atom is 0.252 e. The van der Waals surface area contributed by atoms with Crippen LogP contribution < -0.4 is 10.6 Å². The first kappa shape index (κ1) is 15.3. The fourth-order valence-corrected chi connectivity index (χ4v) is 2.11. The van der Waals surface area contributed by atoms with Crippen LogP contribution in [0, 0.1) is 0 Å². The van der Waals surface area contributed by atoms with Crippen LogP contribution in [-0.2, 0) is 4.74 Å². The highest BCUT2D eigenvalue weighted by molar-refractivity contribution is 6.06. The highest BCUT2D eigenvalue weighted by Gasteiger charge is 2.12. The van der Waals surface area contributed by atoms with E-state index in [9.17, 15) is 4.79 Å². The van der Waals surface area contributed by atoms with E-state index in [2.05, 4.69) is 15.6 Å². The van der Waals surface area contributed by atoms with Gasteiger partial charge < -0.3 is 15.4 Å². The second kappa shape index (κ2) is 7.59. The summed E-state index contributed by atoms with van der Waals surface area (Å²) in [6, 6.07) is 9.44. The highest BCUT2D eigenvalue weighted by Crippen LogP contribution is 2.20. The smallest absolute Gasteiger partial charge is 0.252 e. The third kappa shape index (κ3) is 3.92. The van der Waals surface area contributed by atoms with Gasteiger partial charge in [0.2, 0.25) is 0 Å². The minimum absolute atomic E-state index is 0.104. The molecule has 5 heteroatoms. The van der Waals surface area contributed by atoms with Crippen LogP contribution in [0.25, 0.3) is 10.9 Å². The normalized spacial score (nSPS) is 10.6. The minimum Gasteiger partial charge on any atom is -0.380 e. The van der Waals surface area contributed by atoms with E-state index in [0.717, 1.165) is 17.4 Å². The Bertz CT molecular complexity index is 613. The zero-order valence-corrected chi connectivity index (χ0v) is 12.5. The standard InChI is InChI=1S/C16H21N3O2/c1-3-17-15-11-13(16(20)18-9-10-21-4-2)12-7-5-6-8-14(12)19-15/h5-8,11H,3-4,9-10H2,1-2H3,(H,17,19)(H,18,20). The molecule has 0 bridgehead atoms. The molecule has 112 valence electrons. The monoisotopic (exact) mass is 287 g/mol. The lowest BCUT2D eigenvalue weighted by Gasteiger charge is -2.11. The summed E-state index contributed by atoms with van der Waals surface area (Å²) in [4.78, 5) is 16.9. The summed E-state index contributed by atoms with van der Waals surface area (Å²) in [5.41, 5.74) is 1.44. The van der Waals surface area contributed by atoms with E-state index in [1.165, 1.54) is 0 Å². The molecule has 0 spiro atoms. The van der Waals surface area contributed by atoms with Gasteiger partial charge in [0.1, 0.15) is 5.82 Å². The maximum absolute atomic E-state index is 12.4. The lowest BCUT2D eigenvalue weighted by molar-refractivity contribution is 0.0924. The van der Waals surface area contributed by atoms with Crippen LogP contribution in [0.1, 0.15) is 24.2 Å². The molecule has 1 aromatic carbocycles. The molecule has 1 aromatic heterocycles. The number of benzene rings is 1. The van der Waals surface area contributed by atoms with Crippen molar-refractivity contribution in [3.8, 4) is 0 Å². The Morgan fingerprint density at radius 1 is 1.29 bits per heavy atom. The van der Waals surface area contributed by atoms with Crippen molar-refractivity contribution in [3.05, 3.63) is 35.9 Å². The van der Waals surface area contributed by atoms with E-state index in [0.29, 0.717) is 31.1 Å². The molecular formula is C16H21N3O2. The van der Waals surface area contributed by atoms with Gasteiger partial charge >= 0.3 is 0 Å². The van der Waals surface area contributed by atoms with Crippen molar-refractivity contribution < 1.29 is 9.53 Å². The molecule has 1 amide bonds. The zero-order chi connectivity index (χ0) is 15.1. The Morgan fingerprint density at radius 2 is 2.10 bits per heavy atom. The molecule has 1 heterocycles. The number of ether oxygens (including phenoxy) is 1. The van der Waals surface area contributed by atoms with Crippen LogP contribution in [-0.4, -0.2) is 37.2 Å². The number of nitrogens with one attached hydrogen (secondary N) is 2. The number of fused-ring (bicyclic) bond motifs is 1. The SMILES string of the molecule is CCNc1cc(C(=O)NCCOCC)c2ccccc2n1. The van der Waals surface area contributed by atoms with Crippen LogP contribution in [0.3, 0.4) is 0 Å². The maximum atomic E-state index is 12.4. The number of anilines is 1. The first-order valence-corrected chi connectivity index (χ1v) is 7.25. The molecule has 0 aliphatic carbocycles. The molecule has 21 heavy (non-hydrogen) atoms. The Kier molecular flexibility index (Phi) is 5.51. The van der Waals surface area contributed by atoms with E-state index in [1.54, 1.807) is 6.07 Å². The van der Waals surface area contributed by atoms with Crippen LogP contribution >= 0.6 is 0 Å². The number of aromatic nitrogens is 1. The van der Waals surface area contributed by atoms with Gasteiger partial charge in [0.25, 0.3) is 5.91 Å². The van der Waals surface area contributed by atoms with Gasteiger partial charge in [0.05, 0.1) is 17.7 Å². The van der Waals surface area contributed by atoms with Crippen LogP contribution in [0.4, 0.5) is 5.82 Å². The molecule has 0 fully saturated rings. The van der Waals surface area contributed by atoms with Gasteiger partial charge in [-0.25, -0.2) is 4.98 Å². The third-order valence-corrected chi connectivity index (χ3v) is 3.05. The number of carbonyl (C=O) groups excluding carboxylic acids is 1. The van der Waals surface area contributed by atoms with Gasteiger partial charge in [-0.05, 0) is 26.0 Å². The summed E-state index contributed by atoms with van der Waals surface area (Å²) in [5, 5.41) is 6.89. The number of pyridine rings is 1. The van der Waals surface area contributed by atoms with Gasteiger partial charge in [0.15, 0.2) is 0 Å².